The second-order valence-electron chi connectivity index (χ2n) is 6.00. The number of ether oxygens (including phenoxy) is 1. The highest BCUT2D eigenvalue weighted by Crippen LogP contribution is 2.31. The highest BCUT2D eigenvalue weighted by molar-refractivity contribution is 7.98. The van der Waals surface area contributed by atoms with E-state index in [2.05, 4.69) is 20.0 Å². The molecule has 2 aromatic heterocycles. The van der Waals surface area contributed by atoms with Gasteiger partial charge in [-0.25, -0.2) is 4.98 Å². The zero-order valence-corrected chi connectivity index (χ0v) is 17.2. The molecule has 0 unspecified atom stereocenters. The van der Waals surface area contributed by atoms with Crippen molar-refractivity contribution in [2.45, 2.75) is 25.7 Å². The van der Waals surface area contributed by atoms with Crippen molar-refractivity contribution in [3.8, 4) is 17.0 Å². The van der Waals surface area contributed by atoms with Crippen molar-refractivity contribution in [3.05, 3.63) is 59.2 Å². The third-order valence-corrected chi connectivity index (χ3v) is 5.72. The second-order valence-corrected chi connectivity index (χ2v) is 8.31. The van der Waals surface area contributed by atoms with Gasteiger partial charge in [-0.3, -0.25) is 9.78 Å². The first-order chi connectivity index (χ1) is 14.0. The van der Waals surface area contributed by atoms with Crippen molar-refractivity contribution >= 4 is 34.1 Å². The lowest BCUT2D eigenvalue weighted by molar-refractivity contribution is -0.115. The van der Waals surface area contributed by atoms with Crippen LogP contribution in [0.25, 0.3) is 11.3 Å². The zero-order valence-electron chi connectivity index (χ0n) is 15.6. The first-order valence-corrected chi connectivity index (χ1v) is 10.8. The molecule has 152 valence electrons. The van der Waals surface area contributed by atoms with Gasteiger partial charge < -0.3 is 10.1 Å². The van der Waals surface area contributed by atoms with Gasteiger partial charge in [-0.2, -0.15) is 20.5 Å². The van der Waals surface area contributed by atoms with Crippen molar-refractivity contribution in [1.82, 2.24) is 9.97 Å². The lowest BCUT2D eigenvalue weighted by Gasteiger charge is -2.05. The molecular weight excluding hydrogens is 416 g/mol. The summed E-state index contributed by atoms with van der Waals surface area (Å²) in [4.78, 5) is 21.8. The van der Waals surface area contributed by atoms with Crippen LogP contribution in [0, 0.1) is 6.92 Å². The summed E-state index contributed by atoms with van der Waals surface area (Å²) in [6, 6.07) is 12.0. The molecule has 29 heavy (non-hydrogen) atoms. The fourth-order valence-corrected chi connectivity index (χ4v) is 4.22. The van der Waals surface area contributed by atoms with Crippen molar-refractivity contribution in [2.75, 3.05) is 11.1 Å². The molecule has 3 aromatic rings. The van der Waals surface area contributed by atoms with Crippen LogP contribution in [0.3, 0.4) is 0 Å². The number of hydrogen-bond acceptors (Lipinski definition) is 6. The predicted octanol–water partition coefficient (Wildman–Crippen LogP) is 5.38. The molecule has 3 rings (SSSR count). The van der Waals surface area contributed by atoms with Crippen molar-refractivity contribution in [2.24, 2.45) is 0 Å². The molecule has 1 N–H and O–H groups in total. The number of aromatic nitrogens is 2. The summed E-state index contributed by atoms with van der Waals surface area (Å²) in [5, 5.41) is 3.34. The number of halogens is 2. The maximum atomic E-state index is 12.3. The Kier molecular flexibility index (Phi) is 7.54. The Labute approximate surface area is 175 Å². The number of thioether (sulfide) groups is 1. The summed E-state index contributed by atoms with van der Waals surface area (Å²) in [6.07, 6.45) is 2.13. The number of aryl methyl sites for hydroxylation is 1. The minimum absolute atomic E-state index is 0.0911. The number of anilines is 1. The second kappa shape index (κ2) is 10.3. The Bertz CT molecular complexity index is 935. The van der Waals surface area contributed by atoms with Crippen LogP contribution in [0.4, 0.5) is 13.9 Å². The summed E-state index contributed by atoms with van der Waals surface area (Å²) < 4.78 is 28.9. The van der Waals surface area contributed by atoms with Gasteiger partial charge >= 0.3 is 6.61 Å². The highest BCUT2D eigenvalue weighted by atomic mass is 32.2. The van der Waals surface area contributed by atoms with Crippen LogP contribution in [-0.2, 0) is 10.5 Å². The Hall–Kier alpha value is -2.52. The molecule has 2 heterocycles. The molecule has 9 heteroatoms. The number of pyridine rings is 1. The summed E-state index contributed by atoms with van der Waals surface area (Å²) in [5.74, 6) is 1.44. The molecule has 0 radical (unpaired) electrons. The minimum Gasteiger partial charge on any atom is -0.435 e. The maximum Gasteiger partial charge on any atom is 0.387 e. The van der Waals surface area contributed by atoms with Gasteiger partial charge in [-0.15, -0.1) is 11.3 Å². The maximum absolute atomic E-state index is 12.3. The van der Waals surface area contributed by atoms with E-state index in [4.69, 9.17) is 0 Å². The fourth-order valence-electron chi connectivity index (χ4n) is 2.52. The molecular formula is C20H19F2N3O2S2. The van der Waals surface area contributed by atoms with Gasteiger partial charge in [0.05, 0.1) is 11.4 Å². The summed E-state index contributed by atoms with van der Waals surface area (Å²) in [7, 11) is 0. The Balaban J connectivity index is 1.51. The average Bonchev–Trinajstić information content (AvgIpc) is 3.06. The van der Waals surface area contributed by atoms with Crippen molar-refractivity contribution in [1.29, 1.82) is 0 Å². The lowest BCUT2D eigenvalue weighted by Crippen LogP contribution is -2.12. The van der Waals surface area contributed by atoms with Gasteiger partial charge in [0.15, 0.2) is 5.13 Å². The van der Waals surface area contributed by atoms with Crippen LogP contribution in [0.5, 0.6) is 5.75 Å². The van der Waals surface area contributed by atoms with E-state index < -0.39 is 6.61 Å². The summed E-state index contributed by atoms with van der Waals surface area (Å²) in [6.45, 7) is -0.958. The third-order valence-electron chi connectivity index (χ3n) is 3.85. The van der Waals surface area contributed by atoms with E-state index in [1.54, 1.807) is 30.1 Å². The molecule has 0 bridgehead atoms. The number of carbonyl (C=O) groups excluding carboxylic acids is 1. The quantitative estimate of drug-likeness (QED) is 0.458. The zero-order chi connectivity index (χ0) is 20.6. The van der Waals surface area contributed by atoms with Crippen LogP contribution in [-0.4, -0.2) is 28.2 Å². The van der Waals surface area contributed by atoms with E-state index >= 15 is 0 Å². The van der Waals surface area contributed by atoms with Crippen LogP contribution < -0.4 is 10.1 Å². The molecule has 0 saturated carbocycles. The third kappa shape index (κ3) is 6.50. The summed E-state index contributed by atoms with van der Waals surface area (Å²) in [5.41, 5.74) is 2.47. The molecule has 0 aliphatic heterocycles. The van der Waals surface area contributed by atoms with Crippen molar-refractivity contribution < 1.29 is 18.3 Å². The number of hydrogen-bond donors (Lipinski definition) is 1. The molecule has 1 amide bonds. The molecule has 1 aromatic carbocycles. The Morgan fingerprint density at radius 2 is 2.03 bits per heavy atom. The number of nitrogens with one attached hydrogen (secondary N) is 1. The smallest absolute Gasteiger partial charge is 0.387 e. The van der Waals surface area contributed by atoms with Gasteiger partial charge in [0.25, 0.3) is 0 Å². The number of alkyl halides is 2. The van der Waals surface area contributed by atoms with E-state index in [1.807, 2.05) is 25.1 Å². The SMILES string of the molecule is Cc1sc(NC(=O)CCSCc2ccccn2)nc1-c1ccc(OC(F)F)cc1. The van der Waals surface area contributed by atoms with E-state index in [-0.39, 0.29) is 11.7 Å². The number of benzene rings is 1. The normalized spacial score (nSPS) is 10.9. The average molecular weight is 436 g/mol. The summed E-state index contributed by atoms with van der Waals surface area (Å²) >= 11 is 3.03. The van der Waals surface area contributed by atoms with Gasteiger partial charge in [-0.05, 0) is 43.3 Å². The molecule has 0 aliphatic rings. The van der Waals surface area contributed by atoms with Crippen LogP contribution in [0.2, 0.25) is 0 Å². The van der Waals surface area contributed by atoms with E-state index in [0.29, 0.717) is 23.0 Å². The van der Waals surface area contributed by atoms with Gasteiger partial charge in [0, 0.05) is 34.6 Å². The largest absolute Gasteiger partial charge is 0.435 e. The number of carbonyl (C=O) groups is 1. The fraction of sp³-hybridized carbons (Fsp3) is 0.250. The number of rotatable bonds is 9. The van der Waals surface area contributed by atoms with E-state index in [9.17, 15) is 13.6 Å². The monoisotopic (exact) mass is 435 g/mol. The van der Waals surface area contributed by atoms with Gasteiger partial charge in [0.1, 0.15) is 5.75 Å². The van der Waals surface area contributed by atoms with E-state index in [0.717, 1.165) is 21.9 Å². The number of thiazole rings is 1. The standard InChI is InChI=1S/C20H19F2N3O2S2/c1-13-18(14-5-7-16(8-6-14)27-19(21)22)25-20(29-13)24-17(26)9-11-28-12-15-4-2-3-10-23-15/h2-8,10,19H,9,11-12H2,1H3,(H,24,25,26). The molecule has 0 spiro atoms. The molecule has 0 aliphatic carbocycles. The molecule has 5 nitrogen and oxygen atoms in total. The minimum atomic E-state index is -2.86. The first-order valence-electron chi connectivity index (χ1n) is 8.81. The lowest BCUT2D eigenvalue weighted by atomic mass is 10.1. The topological polar surface area (TPSA) is 64.1 Å². The highest BCUT2D eigenvalue weighted by Gasteiger charge is 2.13. The Morgan fingerprint density at radius 1 is 1.24 bits per heavy atom. The molecule has 0 saturated heterocycles. The number of amides is 1. The van der Waals surface area contributed by atoms with Crippen LogP contribution in [0.15, 0.2) is 48.7 Å². The van der Waals surface area contributed by atoms with Gasteiger partial charge in [0.2, 0.25) is 5.91 Å². The van der Waals surface area contributed by atoms with Crippen LogP contribution >= 0.6 is 23.1 Å². The Morgan fingerprint density at radius 3 is 2.72 bits per heavy atom. The predicted molar refractivity (Wildman–Crippen MR) is 113 cm³/mol. The van der Waals surface area contributed by atoms with E-state index in [1.165, 1.54) is 23.5 Å². The molecule has 0 atom stereocenters. The molecule has 0 fully saturated rings. The number of nitrogens with zero attached hydrogens (tertiary/aromatic N) is 2. The first kappa shape index (κ1) is 21.2. The van der Waals surface area contributed by atoms with Gasteiger partial charge in [-0.1, -0.05) is 6.07 Å². The van der Waals surface area contributed by atoms with Crippen molar-refractivity contribution in [3.63, 3.8) is 0 Å². The van der Waals surface area contributed by atoms with Crippen LogP contribution in [0.1, 0.15) is 17.0 Å².